The highest BCUT2D eigenvalue weighted by atomic mass is 16.5. The van der Waals surface area contributed by atoms with E-state index in [4.69, 9.17) is 9.47 Å². The summed E-state index contributed by atoms with van der Waals surface area (Å²) in [5.41, 5.74) is 1.81. The number of rotatable bonds is 16. The summed E-state index contributed by atoms with van der Waals surface area (Å²) in [6, 6.07) is 9.77. The van der Waals surface area contributed by atoms with Crippen LogP contribution in [0.25, 0.3) is 0 Å². The Morgan fingerprint density at radius 3 is 2.38 bits per heavy atom. The lowest BCUT2D eigenvalue weighted by Gasteiger charge is -2.29. The minimum absolute atomic E-state index is 0.232. The molecular formula is C32H46N2O6. The molecule has 0 bridgehead atoms. The predicted octanol–water partition coefficient (Wildman–Crippen LogP) is 4.04. The second-order valence-corrected chi connectivity index (χ2v) is 11.5. The molecule has 2 unspecified atom stereocenters. The third-order valence-electron chi connectivity index (χ3n) is 6.40. The summed E-state index contributed by atoms with van der Waals surface area (Å²) in [7, 11) is 0. The number of carbonyl (C=O) groups excluding carboxylic acids is 3. The molecule has 0 aromatic heterocycles. The van der Waals surface area contributed by atoms with Gasteiger partial charge in [-0.15, -0.1) is 0 Å². The summed E-state index contributed by atoms with van der Waals surface area (Å²) in [6.45, 7) is 12.7. The van der Waals surface area contributed by atoms with Crippen molar-refractivity contribution in [3.8, 4) is 0 Å². The lowest BCUT2D eigenvalue weighted by atomic mass is 9.95. The van der Waals surface area contributed by atoms with Crippen molar-refractivity contribution in [3.05, 3.63) is 71.5 Å². The van der Waals surface area contributed by atoms with Crippen LogP contribution in [0.5, 0.6) is 0 Å². The number of hydrogen-bond acceptors (Lipinski definition) is 8. The Hall–Kier alpha value is -3.07. The molecule has 3 N–H and O–H groups in total. The molecule has 8 nitrogen and oxygen atoms in total. The van der Waals surface area contributed by atoms with Gasteiger partial charge in [-0.3, -0.25) is 14.4 Å². The SMILES string of the molecule is CC(C)C(=O)OC=C1C=C(C(O)CNC(C)(C)CNCCCC(=O)Cc2ccccc2)C=CC1OC(=O)C(C)C. The molecule has 0 radical (unpaired) electrons. The number of carbonyl (C=O) groups is 3. The maximum absolute atomic E-state index is 12.2. The number of benzene rings is 1. The van der Waals surface area contributed by atoms with Crippen molar-refractivity contribution in [3.63, 3.8) is 0 Å². The lowest BCUT2D eigenvalue weighted by Crippen LogP contribution is -2.50. The van der Waals surface area contributed by atoms with E-state index in [1.54, 1.807) is 45.9 Å². The molecule has 0 saturated heterocycles. The first-order chi connectivity index (χ1) is 18.9. The molecule has 2 atom stereocenters. The highest BCUT2D eigenvalue weighted by Gasteiger charge is 2.25. The summed E-state index contributed by atoms with van der Waals surface area (Å²) >= 11 is 0. The number of β-amino-alcohol motifs (C(OH)–C–C–N with tert-alkyl or cyclic N) is 1. The molecule has 0 aliphatic heterocycles. The average Bonchev–Trinajstić information content (AvgIpc) is 2.91. The number of esters is 2. The Morgan fingerprint density at radius 1 is 1.05 bits per heavy atom. The largest absolute Gasteiger partial charge is 0.453 e. The molecule has 0 heterocycles. The minimum Gasteiger partial charge on any atom is -0.453 e. The van der Waals surface area contributed by atoms with Gasteiger partial charge in [0.05, 0.1) is 17.9 Å². The van der Waals surface area contributed by atoms with Gasteiger partial charge in [-0.1, -0.05) is 64.1 Å². The van der Waals surface area contributed by atoms with Crippen molar-refractivity contribution in [2.45, 2.75) is 78.6 Å². The van der Waals surface area contributed by atoms with Crippen molar-refractivity contribution in [2.75, 3.05) is 19.6 Å². The highest BCUT2D eigenvalue weighted by molar-refractivity contribution is 5.80. The molecule has 1 aromatic carbocycles. The highest BCUT2D eigenvalue weighted by Crippen LogP contribution is 2.23. The number of nitrogens with one attached hydrogen (secondary N) is 2. The van der Waals surface area contributed by atoms with Crippen LogP contribution >= 0.6 is 0 Å². The molecule has 2 rings (SSSR count). The van der Waals surface area contributed by atoms with Gasteiger partial charge in [-0.25, -0.2) is 0 Å². The number of aliphatic hydroxyl groups is 1. The van der Waals surface area contributed by atoms with Gasteiger partial charge in [0, 0.05) is 37.0 Å². The number of ether oxygens (including phenoxy) is 2. The fourth-order valence-corrected chi connectivity index (χ4v) is 3.85. The maximum Gasteiger partial charge on any atom is 0.313 e. The van der Waals surface area contributed by atoms with Gasteiger partial charge in [-0.2, -0.15) is 0 Å². The average molecular weight is 555 g/mol. The molecule has 0 fully saturated rings. The first-order valence-corrected chi connectivity index (χ1v) is 14.1. The van der Waals surface area contributed by atoms with Gasteiger partial charge in [0.1, 0.15) is 18.1 Å². The Morgan fingerprint density at radius 2 is 1.73 bits per heavy atom. The standard InChI is InChI=1S/C32H46N2O6/c1-22(2)30(37)39-20-26-18-25(14-15-29(26)40-31(38)23(3)4)28(36)19-34-32(5,6)21-33-16-10-13-27(35)17-24-11-8-7-9-12-24/h7-9,11-12,14-15,18,20,22-23,28-29,33-34,36H,10,13,16-17,19,21H2,1-6H3. The van der Waals surface area contributed by atoms with Gasteiger partial charge >= 0.3 is 11.9 Å². The van der Waals surface area contributed by atoms with Crippen LogP contribution in [0, 0.1) is 11.8 Å². The fraction of sp³-hybridized carbons (Fsp3) is 0.531. The van der Waals surface area contributed by atoms with E-state index in [9.17, 15) is 19.5 Å². The van der Waals surface area contributed by atoms with E-state index in [-0.39, 0.29) is 35.7 Å². The molecule has 0 amide bonds. The summed E-state index contributed by atoms with van der Waals surface area (Å²) in [4.78, 5) is 36.4. The zero-order valence-electron chi connectivity index (χ0n) is 24.7. The zero-order valence-corrected chi connectivity index (χ0v) is 24.7. The van der Waals surface area contributed by atoms with Crippen LogP contribution in [-0.4, -0.2) is 60.2 Å². The van der Waals surface area contributed by atoms with Gasteiger partial charge in [0.15, 0.2) is 0 Å². The molecule has 1 aromatic rings. The van der Waals surface area contributed by atoms with Crippen LogP contribution in [0.3, 0.4) is 0 Å². The third kappa shape index (κ3) is 12.0. The van der Waals surface area contributed by atoms with Crippen molar-refractivity contribution in [2.24, 2.45) is 11.8 Å². The summed E-state index contributed by atoms with van der Waals surface area (Å²) in [6.07, 6.45) is 6.61. The molecule has 1 aliphatic rings. The first-order valence-electron chi connectivity index (χ1n) is 14.1. The van der Waals surface area contributed by atoms with E-state index in [1.165, 1.54) is 6.26 Å². The fourth-order valence-electron chi connectivity index (χ4n) is 3.85. The number of aliphatic hydroxyl groups excluding tert-OH is 1. The smallest absolute Gasteiger partial charge is 0.313 e. The van der Waals surface area contributed by atoms with Crippen molar-refractivity contribution in [1.29, 1.82) is 0 Å². The van der Waals surface area contributed by atoms with Crippen molar-refractivity contribution in [1.82, 2.24) is 10.6 Å². The Labute approximate surface area is 238 Å². The second-order valence-electron chi connectivity index (χ2n) is 11.5. The van der Waals surface area contributed by atoms with Gasteiger partial charge < -0.3 is 25.2 Å². The van der Waals surface area contributed by atoms with Crippen LogP contribution in [-0.2, 0) is 30.3 Å². The topological polar surface area (TPSA) is 114 Å². The van der Waals surface area contributed by atoms with Gasteiger partial charge in [-0.05, 0) is 50.1 Å². The predicted molar refractivity (Wildman–Crippen MR) is 156 cm³/mol. The zero-order chi connectivity index (χ0) is 29.7. The molecule has 0 saturated carbocycles. The number of Topliss-reactive ketones (excluding diaryl/α,β-unsaturated/α-hetero) is 1. The number of hydrogen-bond donors (Lipinski definition) is 3. The van der Waals surface area contributed by atoms with Crippen molar-refractivity contribution < 1.29 is 29.0 Å². The number of ketones is 1. The van der Waals surface area contributed by atoms with E-state index >= 15 is 0 Å². The minimum atomic E-state index is -0.836. The summed E-state index contributed by atoms with van der Waals surface area (Å²) in [5.74, 6) is -1.15. The van der Waals surface area contributed by atoms with E-state index in [1.807, 2.05) is 44.2 Å². The Balaban J connectivity index is 1.85. The quantitative estimate of drug-likeness (QED) is 0.159. The molecule has 0 spiro atoms. The van der Waals surface area contributed by atoms with E-state index in [0.29, 0.717) is 30.5 Å². The summed E-state index contributed by atoms with van der Waals surface area (Å²) < 4.78 is 10.8. The second kappa shape index (κ2) is 16.3. The Kier molecular flexibility index (Phi) is 13.5. The molecule has 8 heteroatoms. The van der Waals surface area contributed by atoms with Gasteiger partial charge in [0.2, 0.25) is 0 Å². The first kappa shape index (κ1) is 33.1. The van der Waals surface area contributed by atoms with Crippen LogP contribution in [0.2, 0.25) is 0 Å². The van der Waals surface area contributed by atoms with Crippen LogP contribution in [0.15, 0.2) is 66.0 Å². The van der Waals surface area contributed by atoms with Crippen LogP contribution < -0.4 is 10.6 Å². The normalized spacial score (nSPS) is 17.2. The Bertz CT molecular complexity index is 1070. The lowest BCUT2D eigenvalue weighted by molar-refractivity contribution is -0.149. The van der Waals surface area contributed by atoms with E-state index in [2.05, 4.69) is 10.6 Å². The van der Waals surface area contributed by atoms with E-state index < -0.39 is 18.2 Å². The molecule has 220 valence electrons. The third-order valence-corrected chi connectivity index (χ3v) is 6.40. The molecule has 1 aliphatic carbocycles. The van der Waals surface area contributed by atoms with Crippen LogP contribution in [0.1, 0.15) is 59.9 Å². The monoisotopic (exact) mass is 554 g/mol. The van der Waals surface area contributed by atoms with Crippen molar-refractivity contribution >= 4 is 17.7 Å². The molecular weight excluding hydrogens is 508 g/mol. The maximum atomic E-state index is 12.2. The molecule has 40 heavy (non-hydrogen) atoms. The van der Waals surface area contributed by atoms with E-state index in [0.717, 1.165) is 18.5 Å². The van der Waals surface area contributed by atoms with Crippen LogP contribution in [0.4, 0.5) is 0 Å². The van der Waals surface area contributed by atoms with Gasteiger partial charge in [0.25, 0.3) is 0 Å². The summed E-state index contributed by atoms with van der Waals surface area (Å²) in [5, 5.41) is 17.7.